The first-order valence-corrected chi connectivity index (χ1v) is 11.7. The summed E-state index contributed by atoms with van der Waals surface area (Å²) in [5, 5.41) is 7.76. The number of aryl methyl sites for hydroxylation is 2. The Morgan fingerprint density at radius 3 is 2.53 bits per heavy atom. The summed E-state index contributed by atoms with van der Waals surface area (Å²) in [6.07, 6.45) is 1.54. The molecule has 1 saturated heterocycles. The van der Waals surface area contributed by atoms with E-state index >= 15 is 0 Å². The molecule has 0 bridgehead atoms. The van der Waals surface area contributed by atoms with Crippen molar-refractivity contribution < 1.29 is 9.18 Å². The topological polar surface area (TPSA) is 62.5 Å². The number of anilines is 1. The van der Waals surface area contributed by atoms with E-state index in [0.717, 1.165) is 43.0 Å². The van der Waals surface area contributed by atoms with Gasteiger partial charge in [0.1, 0.15) is 11.6 Å². The second-order valence-corrected chi connectivity index (χ2v) is 9.00. The van der Waals surface area contributed by atoms with E-state index in [1.165, 1.54) is 11.6 Å². The van der Waals surface area contributed by atoms with Gasteiger partial charge >= 0.3 is 0 Å². The summed E-state index contributed by atoms with van der Waals surface area (Å²) in [7, 11) is 0. The molecule has 4 aromatic rings. The maximum Gasteiger partial charge on any atom is 0.223 e. The van der Waals surface area contributed by atoms with E-state index in [-0.39, 0.29) is 17.6 Å². The summed E-state index contributed by atoms with van der Waals surface area (Å²) >= 11 is 0. The maximum atomic E-state index is 14.3. The molecule has 1 amide bonds. The molecule has 0 saturated carbocycles. The lowest BCUT2D eigenvalue weighted by molar-refractivity contribution is -0.125. The molecule has 3 heterocycles. The molecular weight excluding hydrogens is 429 g/mol. The minimum absolute atomic E-state index is 0.00767. The monoisotopic (exact) mass is 457 g/mol. The number of aromatic nitrogens is 3. The van der Waals surface area contributed by atoms with Crippen molar-refractivity contribution >= 4 is 17.4 Å². The third-order valence-corrected chi connectivity index (χ3v) is 6.46. The zero-order valence-corrected chi connectivity index (χ0v) is 19.5. The van der Waals surface area contributed by atoms with Crippen LogP contribution in [0.2, 0.25) is 0 Å². The minimum atomic E-state index is -0.304. The van der Waals surface area contributed by atoms with Crippen LogP contribution in [0.1, 0.15) is 29.7 Å². The predicted molar refractivity (Wildman–Crippen MR) is 131 cm³/mol. The van der Waals surface area contributed by atoms with Gasteiger partial charge in [-0.05, 0) is 44.4 Å². The van der Waals surface area contributed by atoms with E-state index < -0.39 is 0 Å². The maximum absolute atomic E-state index is 14.3. The van der Waals surface area contributed by atoms with Crippen molar-refractivity contribution in [3.05, 3.63) is 83.3 Å². The standard InChI is InChI=1S/C27H28FN5O/c1-18-7-9-20(10-8-18)17-29-27(34)21-11-13-32(14-12-21)26-15-19(2)30-25-16-24(31-33(25)26)22-5-3-4-6-23(22)28/h3-10,15-16,21H,11-14,17H2,1-2H3,(H,29,34). The fourth-order valence-electron chi connectivity index (χ4n) is 4.52. The Hall–Kier alpha value is -3.74. The zero-order chi connectivity index (χ0) is 23.7. The lowest BCUT2D eigenvalue weighted by Crippen LogP contribution is -2.41. The van der Waals surface area contributed by atoms with E-state index in [1.54, 1.807) is 22.7 Å². The van der Waals surface area contributed by atoms with E-state index in [2.05, 4.69) is 51.5 Å². The van der Waals surface area contributed by atoms with E-state index in [4.69, 9.17) is 0 Å². The van der Waals surface area contributed by atoms with Crippen molar-refractivity contribution in [2.75, 3.05) is 18.0 Å². The van der Waals surface area contributed by atoms with Gasteiger partial charge in [-0.15, -0.1) is 0 Å². The Kier molecular flexibility index (Phi) is 6.01. The summed E-state index contributed by atoms with van der Waals surface area (Å²) in [6, 6.07) is 18.7. The fraction of sp³-hybridized carbons (Fsp3) is 0.296. The van der Waals surface area contributed by atoms with Crippen molar-refractivity contribution in [1.29, 1.82) is 0 Å². The molecule has 1 N–H and O–H groups in total. The number of rotatable bonds is 5. The lowest BCUT2D eigenvalue weighted by Gasteiger charge is -2.33. The molecule has 0 unspecified atom stereocenters. The summed E-state index contributed by atoms with van der Waals surface area (Å²) in [5.74, 6) is 0.717. The van der Waals surface area contributed by atoms with Gasteiger partial charge in [0.2, 0.25) is 5.91 Å². The van der Waals surface area contributed by atoms with E-state index in [9.17, 15) is 9.18 Å². The molecule has 2 aromatic heterocycles. The number of hydrogen-bond acceptors (Lipinski definition) is 4. The van der Waals surface area contributed by atoms with Gasteiger partial charge in [-0.3, -0.25) is 4.79 Å². The summed E-state index contributed by atoms with van der Waals surface area (Å²) < 4.78 is 16.1. The van der Waals surface area contributed by atoms with Crippen LogP contribution in [-0.2, 0) is 11.3 Å². The normalized spacial score (nSPS) is 14.5. The molecule has 174 valence electrons. The Morgan fingerprint density at radius 1 is 1.06 bits per heavy atom. The number of halogens is 1. The van der Waals surface area contributed by atoms with Gasteiger partial charge in [0.05, 0.1) is 5.69 Å². The highest BCUT2D eigenvalue weighted by molar-refractivity contribution is 5.79. The number of amides is 1. The molecule has 0 atom stereocenters. The van der Waals surface area contributed by atoms with Crippen LogP contribution in [0.5, 0.6) is 0 Å². The Bertz CT molecular complexity index is 1320. The molecule has 0 radical (unpaired) electrons. The largest absolute Gasteiger partial charge is 0.356 e. The van der Waals surface area contributed by atoms with Crippen molar-refractivity contribution in [3.63, 3.8) is 0 Å². The summed E-state index contributed by atoms with van der Waals surface area (Å²) in [5.41, 5.74) is 4.89. The predicted octanol–water partition coefficient (Wildman–Crippen LogP) is 4.69. The van der Waals surface area contributed by atoms with Crippen molar-refractivity contribution in [1.82, 2.24) is 19.9 Å². The van der Waals surface area contributed by atoms with Crippen LogP contribution in [0.3, 0.4) is 0 Å². The Balaban J connectivity index is 1.29. The number of carbonyl (C=O) groups is 1. The fourth-order valence-corrected chi connectivity index (χ4v) is 4.52. The van der Waals surface area contributed by atoms with Gasteiger partial charge in [0.15, 0.2) is 5.65 Å². The molecule has 2 aromatic carbocycles. The van der Waals surface area contributed by atoms with Crippen LogP contribution in [0.4, 0.5) is 10.2 Å². The Morgan fingerprint density at radius 2 is 1.79 bits per heavy atom. The number of benzene rings is 2. The molecule has 7 heteroatoms. The number of fused-ring (bicyclic) bond motifs is 1. The number of nitrogens with one attached hydrogen (secondary N) is 1. The van der Waals surface area contributed by atoms with Gasteiger partial charge < -0.3 is 10.2 Å². The summed E-state index contributed by atoms with van der Waals surface area (Å²) in [6.45, 7) is 6.05. The molecule has 0 aliphatic carbocycles. The molecule has 5 rings (SSSR count). The number of hydrogen-bond donors (Lipinski definition) is 1. The number of piperidine rings is 1. The minimum Gasteiger partial charge on any atom is -0.356 e. The highest BCUT2D eigenvalue weighted by Crippen LogP contribution is 2.28. The van der Waals surface area contributed by atoms with Gasteiger partial charge in [-0.25, -0.2) is 9.37 Å². The van der Waals surface area contributed by atoms with Crippen molar-refractivity contribution in [2.45, 2.75) is 33.2 Å². The van der Waals surface area contributed by atoms with Crippen LogP contribution in [0.15, 0.2) is 60.7 Å². The third kappa shape index (κ3) is 4.51. The average Bonchev–Trinajstić information content (AvgIpc) is 3.27. The van der Waals surface area contributed by atoms with Gasteiger partial charge in [-0.1, -0.05) is 42.0 Å². The quantitative estimate of drug-likeness (QED) is 0.473. The Labute approximate surface area is 198 Å². The first-order chi connectivity index (χ1) is 16.5. The molecular formula is C27H28FN5O. The van der Waals surface area contributed by atoms with Crippen molar-refractivity contribution in [3.8, 4) is 11.3 Å². The lowest BCUT2D eigenvalue weighted by atomic mass is 9.95. The highest BCUT2D eigenvalue weighted by Gasteiger charge is 2.26. The van der Waals surface area contributed by atoms with Gasteiger partial charge in [0.25, 0.3) is 0 Å². The second kappa shape index (κ2) is 9.25. The first-order valence-electron chi connectivity index (χ1n) is 11.7. The SMILES string of the molecule is Cc1ccc(CNC(=O)C2CCN(c3cc(C)nc4cc(-c5ccccc5F)nn34)CC2)cc1. The van der Waals surface area contributed by atoms with Crippen LogP contribution in [0.25, 0.3) is 16.9 Å². The molecule has 34 heavy (non-hydrogen) atoms. The third-order valence-electron chi connectivity index (χ3n) is 6.46. The van der Waals surface area contributed by atoms with Gasteiger partial charge in [0, 0.05) is 48.9 Å². The van der Waals surface area contributed by atoms with Gasteiger partial charge in [-0.2, -0.15) is 9.61 Å². The van der Waals surface area contributed by atoms with Crippen LogP contribution >= 0.6 is 0 Å². The molecule has 1 aliphatic heterocycles. The van der Waals surface area contributed by atoms with E-state index in [0.29, 0.717) is 23.4 Å². The average molecular weight is 458 g/mol. The second-order valence-electron chi connectivity index (χ2n) is 9.00. The number of carbonyl (C=O) groups excluding carboxylic acids is 1. The van der Waals surface area contributed by atoms with Crippen LogP contribution < -0.4 is 10.2 Å². The van der Waals surface area contributed by atoms with Crippen LogP contribution in [0, 0.1) is 25.6 Å². The van der Waals surface area contributed by atoms with Crippen molar-refractivity contribution in [2.24, 2.45) is 5.92 Å². The van der Waals surface area contributed by atoms with Crippen LogP contribution in [-0.4, -0.2) is 33.6 Å². The smallest absolute Gasteiger partial charge is 0.223 e. The molecule has 1 aliphatic rings. The summed E-state index contributed by atoms with van der Waals surface area (Å²) in [4.78, 5) is 19.6. The molecule has 1 fully saturated rings. The number of nitrogens with zero attached hydrogens (tertiary/aromatic N) is 4. The van der Waals surface area contributed by atoms with E-state index in [1.807, 2.05) is 19.1 Å². The highest BCUT2D eigenvalue weighted by atomic mass is 19.1. The zero-order valence-electron chi connectivity index (χ0n) is 19.5. The molecule has 6 nitrogen and oxygen atoms in total. The molecule has 0 spiro atoms. The first kappa shape index (κ1) is 22.1.